The van der Waals surface area contributed by atoms with Gasteiger partial charge in [0, 0.05) is 18.3 Å². The first-order chi connectivity index (χ1) is 8.92. The Bertz CT molecular complexity index is 695. The normalized spacial score (nSPS) is 11.7. The molecule has 0 bridgehead atoms. The van der Waals surface area contributed by atoms with Gasteiger partial charge in [0.2, 0.25) is 0 Å². The highest BCUT2D eigenvalue weighted by Crippen LogP contribution is 2.23. The summed E-state index contributed by atoms with van der Waals surface area (Å²) in [5, 5.41) is 4.00. The zero-order valence-electron chi connectivity index (χ0n) is 10.4. The van der Waals surface area contributed by atoms with E-state index in [0.29, 0.717) is 12.1 Å². The summed E-state index contributed by atoms with van der Waals surface area (Å²) in [6.45, 7) is 2.55. The molecule has 2 N–H and O–H groups in total. The van der Waals surface area contributed by atoms with Gasteiger partial charge in [-0.15, -0.1) is 0 Å². The van der Waals surface area contributed by atoms with Crippen LogP contribution in [0.3, 0.4) is 0 Å². The summed E-state index contributed by atoms with van der Waals surface area (Å²) in [5.41, 5.74) is 6.19. The molecule has 1 aromatic carbocycles. The van der Waals surface area contributed by atoms with Crippen molar-refractivity contribution in [2.45, 2.75) is 24.1 Å². The first-order valence-electron chi connectivity index (χ1n) is 5.71. The molecule has 0 atom stereocenters. The quantitative estimate of drug-likeness (QED) is 0.864. The van der Waals surface area contributed by atoms with Gasteiger partial charge in [0.15, 0.2) is 9.84 Å². The number of nitrogens with zero attached hydrogens (tertiary/aromatic N) is 2. The molecule has 1 heterocycles. The highest BCUT2D eigenvalue weighted by Gasteiger charge is 2.20. The first kappa shape index (κ1) is 13.5. The Morgan fingerprint density at radius 1 is 1.42 bits per heavy atom. The number of aryl methyl sites for hydroxylation is 1. The van der Waals surface area contributed by atoms with E-state index < -0.39 is 15.7 Å². The highest BCUT2D eigenvalue weighted by atomic mass is 32.2. The van der Waals surface area contributed by atoms with E-state index in [1.165, 1.54) is 12.3 Å². The average molecular weight is 283 g/mol. The van der Waals surface area contributed by atoms with E-state index >= 15 is 0 Å². The van der Waals surface area contributed by atoms with E-state index in [2.05, 4.69) is 5.10 Å². The third kappa shape index (κ3) is 2.93. The summed E-state index contributed by atoms with van der Waals surface area (Å²) < 4.78 is 39.1. The van der Waals surface area contributed by atoms with Crippen LogP contribution >= 0.6 is 0 Å². The van der Waals surface area contributed by atoms with Crippen molar-refractivity contribution in [1.82, 2.24) is 9.78 Å². The molecule has 5 nitrogen and oxygen atoms in total. The van der Waals surface area contributed by atoms with Crippen molar-refractivity contribution in [3.63, 3.8) is 0 Å². The van der Waals surface area contributed by atoms with Crippen LogP contribution in [0, 0.1) is 5.82 Å². The predicted molar refractivity (Wildman–Crippen MR) is 69.6 cm³/mol. The summed E-state index contributed by atoms with van der Waals surface area (Å²) in [4.78, 5) is -0.184. The van der Waals surface area contributed by atoms with E-state index in [1.807, 2.05) is 6.92 Å². The van der Waals surface area contributed by atoms with Crippen LogP contribution in [0.5, 0.6) is 0 Å². The maximum absolute atomic E-state index is 13.1. The fourth-order valence-electron chi connectivity index (χ4n) is 1.73. The summed E-state index contributed by atoms with van der Waals surface area (Å²) in [6.07, 6.45) is 3.13. The predicted octanol–water partition coefficient (Wildman–Crippen LogP) is 1.60. The zero-order chi connectivity index (χ0) is 14.0. The second kappa shape index (κ2) is 5.00. The maximum Gasteiger partial charge on any atom is 0.184 e. The standard InChI is InChI=1S/C12H14FN3O2S/c1-2-16-7-9(6-15-16)8-19(17,18)12-5-10(13)3-4-11(12)14/h3-7H,2,8,14H2,1H3. The molecule has 0 aliphatic carbocycles. The number of benzene rings is 1. The number of rotatable bonds is 4. The minimum atomic E-state index is -3.68. The lowest BCUT2D eigenvalue weighted by Crippen LogP contribution is -2.08. The lowest BCUT2D eigenvalue weighted by Gasteiger charge is -2.06. The van der Waals surface area contributed by atoms with Crippen LogP contribution in [0.4, 0.5) is 10.1 Å². The molecule has 0 fully saturated rings. The van der Waals surface area contributed by atoms with Crippen LogP contribution in [0.15, 0.2) is 35.5 Å². The van der Waals surface area contributed by atoms with Crippen LogP contribution in [-0.2, 0) is 22.1 Å². The number of halogens is 1. The summed E-state index contributed by atoms with van der Waals surface area (Å²) in [7, 11) is -3.68. The molecule has 2 aromatic rings. The lowest BCUT2D eigenvalue weighted by molar-refractivity contribution is 0.590. The molecule has 0 saturated carbocycles. The van der Waals surface area contributed by atoms with Gasteiger partial charge in [0.1, 0.15) is 5.82 Å². The van der Waals surface area contributed by atoms with Gasteiger partial charge < -0.3 is 5.73 Å². The van der Waals surface area contributed by atoms with Gasteiger partial charge in [-0.2, -0.15) is 5.10 Å². The Morgan fingerprint density at radius 3 is 2.79 bits per heavy atom. The minimum Gasteiger partial charge on any atom is -0.398 e. The minimum absolute atomic E-state index is 0.0456. The number of aromatic nitrogens is 2. The molecule has 0 amide bonds. The summed E-state index contributed by atoms with van der Waals surface area (Å²) in [5.74, 6) is -0.877. The van der Waals surface area contributed by atoms with Crippen molar-refractivity contribution in [2.75, 3.05) is 5.73 Å². The molecule has 0 aliphatic rings. The van der Waals surface area contributed by atoms with Gasteiger partial charge in [-0.3, -0.25) is 4.68 Å². The molecule has 7 heteroatoms. The van der Waals surface area contributed by atoms with Gasteiger partial charge in [0.05, 0.1) is 22.5 Å². The monoisotopic (exact) mass is 283 g/mol. The number of nitrogens with two attached hydrogens (primary N) is 1. The summed E-state index contributed by atoms with van der Waals surface area (Å²) in [6, 6.07) is 3.32. The fraction of sp³-hybridized carbons (Fsp3) is 0.250. The Morgan fingerprint density at radius 2 is 2.16 bits per heavy atom. The molecule has 1 aromatic heterocycles. The molecule has 102 valence electrons. The average Bonchev–Trinajstić information content (AvgIpc) is 2.79. The van der Waals surface area contributed by atoms with E-state index in [-0.39, 0.29) is 16.3 Å². The van der Waals surface area contributed by atoms with Crippen LogP contribution in [0.25, 0.3) is 0 Å². The molecule has 2 rings (SSSR count). The molecule has 19 heavy (non-hydrogen) atoms. The zero-order valence-corrected chi connectivity index (χ0v) is 11.2. The number of anilines is 1. The van der Waals surface area contributed by atoms with Gasteiger partial charge in [-0.05, 0) is 25.1 Å². The van der Waals surface area contributed by atoms with Crippen molar-refractivity contribution in [3.8, 4) is 0 Å². The summed E-state index contributed by atoms with van der Waals surface area (Å²) >= 11 is 0. The van der Waals surface area contributed by atoms with Crippen LogP contribution in [0.1, 0.15) is 12.5 Å². The molecular weight excluding hydrogens is 269 g/mol. The van der Waals surface area contributed by atoms with Gasteiger partial charge in [-0.1, -0.05) is 0 Å². The molecule has 0 aliphatic heterocycles. The van der Waals surface area contributed by atoms with Crippen LogP contribution < -0.4 is 5.73 Å². The lowest BCUT2D eigenvalue weighted by atomic mass is 10.3. The Kier molecular flexibility index (Phi) is 3.57. The van der Waals surface area contributed by atoms with Crippen LogP contribution in [0.2, 0.25) is 0 Å². The SMILES string of the molecule is CCn1cc(CS(=O)(=O)c2cc(F)ccc2N)cn1. The molecule has 0 saturated heterocycles. The van der Waals surface area contributed by atoms with E-state index in [9.17, 15) is 12.8 Å². The van der Waals surface area contributed by atoms with Crippen LogP contribution in [-0.4, -0.2) is 18.2 Å². The first-order valence-corrected chi connectivity index (χ1v) is 7.36. The number of nitrogen functional groups attached to an aromatic ring is 1. The van der Waals surface area contributed by atoms with Gasteiger partial charge in [-0.25, -0.2) is 12.8 Å². The van der Waals surface area contributed by atoms with Gasteiger partial charge >= 0.3 is 0 Å². The Labute approximate surface area is 110 Å². The second-order valence-electron chi connectivity index (χ2n) is 4.15. The van der Waals surface area contributed by atoms with E-state index in [0.717, 1.165) is 12.1 Å². The highest BCUT2D eigenvalue weighted by molar-refractivity contribution is 7.90. The molecule has 0 radical (unpaired) electrons. The smallest absolute Gasteiger partial charge is 0.184 e. The number of hydrogen-bond donors (Lipinski definition) is 1. The molecule has 0 unspecified atom stereocenters. The number of sulfone groups is 1. The van der Waals surface area contributed by atoms with Crippen molar-refractivity contribution < 1.29 is 12.8 Å². The van der Waals surface area contributed by atoms with Crippen molar-refractivity contribution in [3.05, 3.63) is 42.0 Å². The Balaban J connectivity index is 2.34. The van der Waals surface area contributed by atoms with Crippen molar-refractivity contribution in [2.24, 2.45) is 0 Å². The van der Waals surface area contributed by atoms with Crippen molar-refractivity contribution in [1.29, 1.82) is 0 Å². The molecular formula is C12H14FN3O2S. The second-order valence-corrected chi connectivity index (χ2v) is 6.10. The fourth-order valence-corrected chi connectivity index (χ4v) is 3.19. The maximum atomic E-state index is 13.1. The Hall–Kier alpha value is -1.89. The topological polar surface area (TPSA) is 78.0 Å². The molecule has 0 spiro atoms. The largest absolute Gasteiger partial charge is 0.398 e. The number of hydrogen-bond acceptors (Lipinski definition) is 4. The van der Waals surface area contributed by atoms with E-state index in [1.54, 1.807) is 10.9 Å². The van der Waals surface area contributed by atoms with Gasteiger partial charge in [0.25, 0.3) is 0 Å². The third-order valence-electron chi connectivity index (χ3n) is 2.68. The van der Waals surface area contributed by atoms with Crippen molar-refractivity contribution >= 4 is 15.5 Å². The third-order valence-corrected chi connectivity index (χ3v) is 4.42. The van der Waals surface area contributed by atoms with E-state index in [4.69, 9.17) is 5.73 Å².